The van der Waals surface area contributed by atoms with Gasteiger partial charge in [0.2, 0.25) is 5.78 Å². The van der Waals surface area contributed by atoms with Crippen molar-refractivity contribution < 1.29 is 38.9 Å². The van der Waals surface area contributed by atoms with Gasteiger partial charge in [0.25, 0.3) is 0 Å². The van der Waals surface area contributed by atoms with Gasteiger partial charge in [-0.15, -0.1) is 0 Å². The van der Waals surface area contributed by atoms with Gasteiger partial charge in [-0.1, -0.05) is 34.6 Å². The van der Waals surface area contributed by atoms with E-state index in [2.05, 4.69) is 0 Å². The molecule has 2 fully saturated rings. The third kappa shape index (κ3) is 3.53. The average molecular weight is 517 g/mol. The van der Waals surface area contributed by atoms with Gasteiger partial charge in [-0.05, 0) is 49.4 Å². The van der Waals surface area contributed by atoms with Crippen molar-refractivity contribution >= 4 is 29.3 Å². The molecule has 4 aliphatic rings. The average Bonchev–Trinajstić information content (AvgIpc) is 3.01. The van der Waals surface area contributed by atoms with E-state index < -0.39 is 57.5 Å². The van der Waals surface area contributed by atoms with Crippen molar-refractivity contribution in [1.82, 2.24) is 0 Å². The minimum atomic E-state index is -1.36. The first-order valence-electron chi connectivity index (χ1n) is 13.4. The van der Waals surface area contributed by atoms with Crippen molar-refractivity contribution in [3.8, 4) is 0 Å². The summed E-state index contributed by atoms with van der Waals surface area (Å²) in [7, 11) is 0. The third-order valence-electron chi connectivity index (χ3n) is 11.1. The number of esters is 1. The van der Waals surface area contributed by atoms with E-state index in [1.54, 1.807) is 13.8 Å². The highest BCUT2D eigenvalue weighted by atomic mass is 16.5. The SMILES string of the molecule is CC(=O)O[C@@H]1C(=O)C2=C(C(=O)C[C@H]3C(C)(C)[C@@H](O)CC[C@]23C)[C@]2(C)C(=O)C[C@H]([C@H](C)CCC(=O)O)[C@]12C. The predicted molar refractivity (Wildman–Crippen MR) is 133 cm³/mol. The number of carboxylic acids is 1. The molecular formula is C29H40O8. The first-order chi connectivity index (χ1) is 17.0. The summed E-state index contributed by atoms with van der Waals surface area (Å²) in [5, 5.41) is 20.0. The van der Waals surface area contributed by atoms with Crippen LogP contribution in [-0.4, -0.2) is 51.7 Å². The molecule has 0 spiro atoms. The Balaban J connectivity index is 1.97. The summed E-state index contributed by atoms with van der Waals surface area (Å²) < 4.78 is 5.77. The lowest BCUT2D eigenvalue weighted by Crippen LogP contribution is -2.65. The van der Waals surface area contributed by atoms with Gasteiger partial charge in [0.05, 0.1) is 11.5 Å². The van der Waals surface area contributed by atoms with Gasteiger partial charge >= 0.3 is 11.9 Å². The van der Waals surface area contributed by atoms with Crippen LogP contribution in [0.2, 0.25) is 0 Å². The van der Waals surface area contributed by atoms with Gasteiger partial charge < -0.3 is 14.9 Å². The summed E-state index contributed by atoms with van der Waals surface area (Å²) in [4.78, 5) is 66.1. The van der Waals surface area contributed by atoms with Crippen molar-refractivity contribution in [3.63, 3.8) is 0 Å². The Morgan fingerprint density at radius 1 is 1.05 bits per heavy atom. The molecule has 0 aromatic carbocycles. The van der Waals surface area contributed by atoms with E-state index >= 15 is 0 Å². The van der Waals surface area contributed by atoms with Crippen LogP contribution < -0.4 is 0 Å². The predicted octanol–water partition coefficient (Wildman–Crippen LogP) is 3.68. The summed E-state index contributed by atoms with van der Waals surface area (Å²) in [6.07, 6.45) is -0.552. The number of fused-ring (bicyclic) bond motifs is 4. The molecule has 0 aromatic rings. The Labute approximate surface area is 218 Å². The summed E-state index contributed by atoms with van der Waals surface area (Å²) in [5.41, 5.74) is -3.40. The minimum absolute atomic E-state index is 0.0766. The molecule has 37 heavy (non-hydrogen) atoms. The van der Waals surface area contributed by atoms with Crippen LogP contribution >= 0.6 is 0 Å². The lowest BCUT2D eigenvalue weighted by Gasteiger charge is -2.61. The van der Waals surface area contributed by atoms with Crippen molar-refractivity contribution in [3.05, 3.63) is 11.1 Å². The number of carbonyl (C=O) groups excluding carboxylic acids is 4. The van der Waals surface area contributed by atoms with Crippen LogP contribution in [0, 0.1) is 39.4 Å². The molecule has 0 amide bonds. The first-order valence-corrected chi connectivity index (χ1v) is 13.4. The van der Waals surface area contributed by atoms with Crippen LogP contribution in [0.5, 0.6) is 0 Å². The number of carbonyl (C=O) groups is 5. The Hall–Kier alpha value is -2.35. The number of Topliss-reactive ketones (excluding diaryl/α,β-unsaturated/α-hetero) is 3. The molecule has 0 radical (unpaired) electrons. The molecule has 2 saturated carbocycles. The second-order valence-electron chi connectivity index (χ2n) is 13.1. The van der Waals surface area contributed by atoms with Gasteiger partial charge in [0, 0.05) is 48.2 Å². The highest BCUT2D eigenvalue weighted by Crippen LogP contribution is 2.70. The van der Waals surface area contributed by atoms with Gasteiger partial charge in [0.15, 0.2) is 11.9 Å². The van der Waals surface area contributed by atoms with Crippen LogP contribution in [0.3, 0.4) is 0 Å². The Morgan fingerprint density at radius 3 is 2.24 bits per heavy atom. The fourth-order valence-electron chi connectivity index (χ4n) is 8.71. The van der Waals surface area contributed by atoms with E-state index in [1.165, 1.54) is 6.92 Å². The highest BCUT2D eigenvalue weighted by molar-refractivity contribution is 6.18. The number of hydrogen-bond acceptors (Lipinski definition) is 7. The number of aliphatic carboxylic acids is 1. The van der Waals surface area contributed by atoms with Crippen molar-refractivity contribution in [2.45, 2.75) is 99.2 Å². The maximum Gasteiger partial charge on any atom is 0.303 e. The molecule has 0 unspecified atom stereocenters. The van der Waals surface area contributed by atoms with Crippen LogP contribution in [-0.2, 0) is 28.7 Å². The fraction of sp³-hybridized carbons (Fsp3) is 0.759. The Bertz CT molecular complexity index is 1120. The molecule has 0 heterocycles. The molecule has 0 aliphatic heterocycles. The summed E-state index contributed by atoms with van der Waals surface area (Å²) in [6, 6.07) is 0. The standard InChI is InChI=1S/C29H40O8/c1-14(8-9-21(34)35)16-12-20(33)29(7)22-17(31)13-18-26(3,4)19(32)10-11-27(18,5)23(22)24(36)25(28(16,29)6)37-15(2)30/h14,16,18-19,25,32H,8-13H2,1-7H3,(H,34,35)/t14-,16-,18+,19+,25-,27+,28-,29+/m1/s1. The molecular weight excluding hydrogens is 476 g/mol. The second-order valence-corrected chi connectivity index (χ2v) is 13.1. The number of ether oxygens (including phenoxy) is 1. The van der Waals surface area contributed by atoms with E-state index in [4.69, 9.17) is 4.74 Å². The molecule has 2 N–H and O–H groups in total. The number of rotatable bonds is 5. The topological polar surface area (TPSA) is 135 Å². The van der Waals surface area contributed by atoms with E-state index in [-0.39, 0.29) is 48.2 Å². The number of aliphatic hydroxyl groups is 1. The van der Waals surface area contributed by atoms with E-state index in [0.29, 0.717) is 24.8 Å². The molecule has 0 saturated heterocycles. The maximum absolute atomic E-state index is 14.5. The molecule has 4 rings (SSSR count). The van der Waals surface area contributed by atoms with E-state index in [0.717, 1.165) is 0 Å². The minimum Gasteiger partial charge on any atom is -0.481 e. The molecule has 204 valence electrons. The summed E-state index contributed by atoms with van der Waals surface area (Å²) in [6.45, 7) is 12.4. The molecule has 8 atom stereocenters. The molecule has 0 bridgehead atoms. The molecule has 0 aromatic heterocycles. The number of aliphatic hydroxyl groups excluding tert-OH is 1. The smallest absolute Gasteiger partial charge is 0.303 e. The zero-order chi connectivity index (χ0) is 27.9. The van der Waals surface area contributed by atoms with Crippen LogP contribution in [0.25, 0.3) is 0 Å². The maximum atomic E-state index is 14.5. The fourth-order valence-corrected chi connectivity index (χ4v) is 8.71. The van der Waals surface area contributed by atoms with Gasteiger partial charge in [-0.3, -0.25) is 24.0 Å². The normalized spacial score (nSPS) is 41.6. The monoisotopic (exact) mass is 516 g/mol. The van der Waals surface area contributed by atoms with Gasteiger partial charge in [0.1, 0.15) is 5.78 Å². The van der Waals surface area contributed by atoms with E-state index in [1.807, 2.05) is 27.7 Å². The summed E-state index contributed by atoms with van der Waals surface area (Å²) in [5.74, 6) is -3.48. The highest BCUT2D eigenvalue weighted by Gasteiger charge is 2.74. The summed E-state index contributed by atoms with van der Waals surface area (Å²) >= 11 is 0. The third-order valence-corrected chi connectivity index (χ3v) is 11.1. The first kappa shape index (κ1) is 27.7. The number of allylic oxidation sites excluding steroid dienone is 1. The molecule has 4 aliphatic carbocycles. The van der Waals surface area contributed by atoms with Gasteiger partial charge in [-0.2, -0.15) is 0 Å². The van der Waals surface area contributed by atoms with Crippen LogP contribution in [0.4, 0.5) is 0 Å². The molecule has 8 heteroatoms. The number of ketones is 3. The number of hydrogen-bond donors (Lipinski definition) is 2. The zero-order valence-electron chi connectivity index (χ0n) is 23.0. The van der Waals surface area contributed by atoms with Gasteiger partial charge in [-0.25, -0.2) is 0 Å². The largest absolute Gasteiger partial charge is 0.481 e. The quantitative estimate of drug-likeness (QED) is 0.529. The Morgan fingerprint density at radius 2 is 1.68 bits per heavy atom. The van der Waals surface area contributed by atoms with Crippen molar-refractivity contribution in [2.75, 3.05) is 0 Å². The van der Waals surface area contributed by atoms with E-state index in [9.17, 15) is 34.2 Å². The second kappa shape index (κ2) is 8.58. The lowest BCUT2D eigenvalue weighted by atomic mass is 9.42. The zero-order valence-corrected chi connectivity index (χ0v) is 23.0. The lowest BCUT2D eigenvalue weighted by molar-refractivity contribution is -0.176. The molecule has 8 nitrogen and oxygen atoms in total. The van der Waals surface area contributed by atoms with Crippen LogP contribution in [0.1, 0.15) is 87.0 Å². The van der Waals surface area contributed by atoms with Crippen molar-refractivity contribution in [2.24, 2.45) is 39.4 Å². The van der Waals surface area contributed by atoms with Crippen LogP contribution in [0.15, 0.2) is 11.1 Å². The Kier molecular flexibility index (Phi) is 6.42. The number of carboxylic acid groups (broad SMARTS) is 1. The van der Waals surface area contributed by atoms with Crippen molar-refractivity contribution in [1.29, 1.82) is 0 Å².